The summed E-state index contributed by atoms with van der Waals surface area (Å²) in [6, 6.07) is 12.4. The largest absolute Gasteiger partial charge is 0.290 e. The van der Waals surface area contributed by atoms with E-state index in [-0.39, 0.29) is 4.90 Å². The average molecular weight is 237 g/mol. The van der Waals surface area contributed by atoms with E-state index in [9.17, 15) is 8.42 Å². The summed E-state index contributed by atoms with van der Waals surface area (Å²) in [5, 5.41) is 1.55. The molecule has 0 bridgehead atoms. The molecule has 0 aliphatic rings. The molecule has 0 spiro atoms. The Balaban J connectivity index is 2.70. The molecule has 2 aromatic rings. The van der Waals surface area contributed by atoms with E-state index in [0.29, 0.717) is 5.39 Å². The molecule has 0 saturated carbocycles. The molecule has 0 aliphatic carbocycles. The lowest BCUT2D eigenvalue weighted by Gasteiger charge is -2.07. The molecule has 0 radical (unpaired) electrons. The predicted octanol–water partition coefficient (Wildman–Crippen LogP) is 1.68. The van der Waals surface area contributed by atoms with E-state index in [4.69, 9.17) is 0 Å². The van der Waals surface area contributed by atoms with Crippen LogP contribution in [0.3, 0.4) is 0 Å². The molecule has 16 heavy (non-hydrogen) atoms. The van der Waals surface area contributed by atoms with E-state index in [1.54, 1.807) is 24.3 Å². The zero-order chi connectivity index (χ0) is 11.6. The summed E-state index contributed by atoms with van der Waals surface area (Å²) in [4.78, 5) is 6.69. The third-order valence-corrected chi connectivity index (χ3v) is 3.55. The first-order valence-corrected chi connectivity index (χ1v) is 6.16. The normalized spacial score (nSPS) is 11.8. The van der Waals surface area contributed by atoms with E-state index in [1.165, 1.54) is 7.11 Å². The Hall–Kier alpha value is -1.43. The van der Waals surface area contributed by atoms with Crippen molar-refractivity contribution in [2.45, 2.75) is 4.90 Å². The quantitative estimate of drug-likeness (QED) is 0.826. The summed E-state index contributed by atoms with van der Waals surface area (Å²) in [6.07, 6.45) is 0. The molecular formula is C11H11NO3S. The molecule has 84 valence electrons. The van der Waals surface area contributed by atoms with Gasteiger partial charge >= 0.3 is 0 Å². The summed E-state index contributed by atoms with van der Waals surface area (Å²) < 4.78 is 23.6. The number of sulfonamides is 1. The molecular weight excluding hydrogens is 226 g/mol. The Kier molecular flexibility index (Phi) is 2.91. The van der Waals surface area contributed by atoms with E-state index in [2.05, 4.69) is 4.84 Å². The third kappa shape index (κ3) is 1.92. The first kappa shape index (κ1) is 11.1. The molecule has 2 rings (SSSR count). The molecule has 0 aromatic heterocycles. The highest BCUT2D eigenvalue weighted by molar-refractivity contribution is 7.89. The van der Waals surface area contributed by atoms with Crippen LogP contribution in [0.5, 0.6) is 0 Å². The number of rotatable bonds is 3. The highest BCUT2D eigenvalue weighted by Gasteiger charge is 2.16. The van der Waals surface area contributed by atoms with Gasteiger partial charge in [0.2, 0.25) is 0 Å². The van der Waals surface area contributed by atoms with Crippen LogP contribution in [0.4, 0.5) is 0 Å². The van der Waals surface area contributed by atoms with E-state index < -0.39 is 10.0 Å². The first-order valence-electron chi connectivity index (χ1n) is 4.68. The van der Waals surface area contributed by atoms with Crippen LogP contribution >= 0.6 is 0 Å². The lowest BCUT2D eigenvalue weighted by molar-refractivity contribution is 0.153. The second-order valence-corrected chi connectivity index (χ2v) is 4.88. The van der Waals surface area contributed by atoms with E-state index in [0.717, 1.165) is 5.39 Å². The van der Waals surface area contributed by atoms with Crippen molar-refractivity contribution < 1.29 is 13.3 Å². The van der Waals surface area contributed by atoms with Gasteiger partial charge in [-0.05, 0) is 11.5 Å². The van der Waals surface area contributed by atoms with Crippen LogP contribution in [0, 0.1) is 0 Å². The Labute approximate surface area is 93.9 Å². The summed E-state index contributed by atoms with van der Waals surface area (Å²) in [5.41, 5.74) is 0. The average Bonchev–Trinajstić information content (AvgIpc) is 2.28. The van der Waals surface area contributed by atoms with Gasteiger partial charge in [-0.2, -0.15) is 0 Å². The van der Waals surface area contributed by atoms with Gasteiger partial charge in [0.1, 0.15) is 0 Å². The summed E-state index contributed by atoms with van der Waals surface area (Å²) in [6.45, 7) is 0. The third-order valence-electron chi connectivity index (χ3n) is 2.23. The van der Waals surface area contributed by atoms with Gasteiger partial charge in [0.15, 0.2) is 0 Å². The van der Waals surface area contributed by atoms with Crippen molar-refractivity contribution in [3.8, 4) is 0 Å². The standard InChI is InChI=1S/C11H11NO3S/c1-15-12-16(13,14)11-8-4-6-9-5-2-3-7-10(9)11/h2-8,12H,1H3. The van der Waals surface area contributed by atoms with Gasteiger partial charge in [-0.3, -0.25) is 4.84 Å². The zero-order valence-electron chi connectivity index (χ0n) is 8.67. The van der Waals surface area contributed by atoms with Gasteiger partial charge in [0, 0.05) is 5.39 Å². The smallest absolute Gasteiger partial charge is 0.263 e. The predicted molar refractivity (Wildman–Crippen MR) is 61.3 cm³/mol. The van der Waals surface area contributed by atoms with Gasteiger partial charge in [-0.15, -0.1) is 0 Å². The van der Waals surface area contributed by atoms with E-state index >= 15 is 0 Å². The molecule has 0 unspecified atom stereocenters. The van der Waals surface area contributed by atoms with Gasteiger partial charge in [-0.1, -0.05) is 41.3 Å². The Morgan fingerprint density at radius 3 is 2.50 bits per heavy atom. The van der Waals surface area contributed by atoms with Gasteiger partial charge in [0.05, 0.1) is 12.0 Å². The number of fused-ring (bicyclic) bond motifs is 1. The molecule has 1 N–H and O–H groups in total. The second-order valence-electron chi connectivity index (χ2n) is 3.27. The Morgan fingerprint density at radius 2 is 1.75 bits per heavy atom. The fourth-order valence-corrected chi connectivity index (χ4v) is 2.63. The fourth-order valence-electron chi connectivity index (χ4n) is 1.58. The maximum atomic E-state index is 11.8. The lowest BCUT2D eigenvalue weighted by Crippen LogP contribution is -2.22. The maximum absolute atomic E-state index is 11.8. The number of hydrogen-bond donors (Lipinski definition) is 1. The fraction of sp³-hybridized carbons (Fsp3) is 0.0909. The number of hydrogen-bond acceptors (Lipinski definition) is 3. The first-order chi connectivity index (χ1) is 7.65. The minimum absolute atomic E-state index is 0.215. The molecule has 0 saturated heterocycles. The maximum Gasteiger partial charge on any atom is 0.263 e. The summed E-state index contributed by atoms with van der Waals surface area (Å²) >= 11 is 0. The molecule has 4 nitrogen and oxygen atoms in total. The second kappa shape index (κ2) is 4.21. The minimum Gasteiger partial charge on any atom is -0.290 e. The van der Waals surface area contributed by atoms with Crippen molar-refractivity contribution in [3.05, 3.63) is 42.5 Å². The van der Waals surface area contributed by atoms with Crippen LogP contribution in [-0.2, 0) is 14.9 Å². The van der Waals surface area contributed by atoms with Crippen molar-refractivity contribution in [1.29, 1.82) is 0 Å². The summed E-state index contributed by atoms with van der Waals surface area (Å²) in [5.74, 6) is 0. The van der Waals surface area contributed by atoms with Crippen molar-refractivity contribution >= 4 is 20.8 Å². The Bertz CT molecular complexity index is 602. The van der Waals surface area contributed by atoms with Crippen molar-refractivity contribution in [2.24, 2.45) is 0 Å². The van der Waals surface area contributed by atoms with Crippen LogP contribution < -0.4 is 4.89 Å². The van der Waals surface area contributed by atoms with Crippen molar-refractivity contribution in [3.63, 3.8) is 0 Å². The Morgan fingerprint density at radius 1 is 1.06 bits per heavy atom. The minimum atomic E-state index is -3.61. The van der Waals surface area contributed by atoms with Gasteiger partial charge in [0.25, 0.3) is 10.0 Å². The molecule has 0 atom stereocenters. The van der Waals surface area contributed by atoms with Crippen molar-refractivity contribution in [2.75, 3.05) is 7.11 Å². The molecule has 0 fully saturated rings. The van der Waals surface area contributed by atoms with Crippen LogP contribution in [0.15, 0.2) is 47.4 Å². The van der Waals surface area contributed by atoms with Crippen LogP contribution in [0.2, 0.25) is 0 Å². The molecule has 0 amide bonds. The van der Waals surface area contributed by atoms with Crippen LogP contribution in [-0.4, -0.2) is 15.5 Å². The molecule has 5 heteroatoms. The highest BCUT2D eigenvalue weighted by atomic mass is 32.2. The number of benzene rings is 2. The zero-order valence-corrected chi connectivity index (χ0v) is 9.49. The number of nitrogens with one attached hydrogen (secondary N) is 1. The molecule has 2 aromatic carbocycles. The van der Waals surface area contributed by atoms with Crippen LogP contribution in [0.25, 0.3) is 10.8 Å². The van der Waals surface area contributed by atoms with Gasteiger partial charge in [-0.25, -0.2) is 8.42 Å². The topological polar surface area (TPSA) is 55.4 Å². The highest BCUT2D eigenvalue weighted by Crippen LogP contribution is 2.22. The molecule has 0 heterocycles. The summed E-state index contributed by atoms with van der Waals surface area (Å²) in [7, 11) is -2.34. The van der Waals surface area contributed by atoms with Crippen molar-refractivity contribution in [1.82, 2.24) is 4.89 Å². The monoisotopic (exact) mass is 237 g/mol. The van der Waals surface area contributed by atoms with Crippen LogP contribution in [0.1, 0.15) is 0 Å². The van der Waals surface area contributed by atoms with E-state index in [1.807, 2.05) is 23.1 Å². The lowest BCUT2D eigenvalue weighted by atomic mass is 10.1. The molecule has 0 aliphatic heterocycles. The SMILES string of the molecule is CONS(=O)(=O)c1cccc2ccccc12. The van der Waals surface area contributed by atoms with Gasteiger partial charge < -0.3 is 0 Å².